The van der Waals surface area contributed by atoms with E-state index in [4.69, 9.17) is 0 Å². The molecular formula is C17H6F13O2-. The van der Waals surface area contributed by atoms with Crippen molar-refractivity contribution in [1.82, 2.24) is 0 Å². The van der Waals surface area contributed by atoms with Crippen molar-refractivity contribution >= 4 is 11.5 Å². The zero-order valence-corrected chi connectivity index (χ0v) is 14.8. The van der Waals surface area contributed by atoms with Gasteiger partial charge in [0.15, 0.2) is 0 Å². The Labute approximate surface area is 168 Å². The van der Waals surface area contributed by atoms with Gasteiger partial charge >= 0.3 is 35.3 Å². The molecule has 178 valence electrons. The number of benzene rings is 1. The van der Waals surface area contributed by atoms with E-state index in [1.165, 1.54) is 0 Å². The summed E-state index contributed by atoms with van der Waals surface area (Å²) in [6.45, 7) is 0. The van der Waals surface area contributed by atoms with E-state index in [0.29, 0.717) is 0 Å². The minimum absolute atomic E-state index is 0.159. The van der Waals surface area contributed by atoms with Crippen LogP contribution >= 0.6 is 0 Å². The molecule has 15 heteroatoms. The van der Waals surface area contributed by atoms with Gasteiger partial charge in [-0.1, -0.05) is 5.76 Å². The fourth-order valence-electron chi connectivity index (χ4n) is 3.52. The molecule has 0 heterocycles. The Bertz CT molecular complexity index is 1010. The maximum absolute atomic E-state index is 14.9. The molecule has 1 saturated carbocycles. The van der Waals surface area contributed by atoms with Crippen LogP contribution in [0.3, 0.4) is 0 Å². The second-order valence-electron chi connectivity index (χ2n) is 7.08. The number of halogens is 13. The highest BCUT2D eigenvalue weighted by Gasteiger charge is 3.02. The molecule has 1 aromatic carbocycles. The van der Waals surface area contributed by atoms with E-state index in [0.717, 1.165) is 0 Å². The molecule has 0 aromatic heterocycles. The molecule has 0 aliphatic heterocycles. The summed E-state index contributed by atoms with van der Waals surface area (Å²) in [5, 5.41) is 12.2. The number of carbonyl (C=O) groups is 1. The Balaban J connectivity index is 2.31. The number of rotatable bonds is 2. The summed E-state index contributed by atoms with van der Waals surface area (Å²) in [6, 6.07) is 0.370. The maximum atomic E-state index is 14.9. The largest absolute Gasteiger partial charge is 0.872 e. The summed E-state index contributed by atoms with van der Waals surface area (Å²) in [5.74, 6) is -46.2. The molecule has 0 bridgehead atoms. The van der Waals surface area contributed by atoms with Gasteiger partial charge in [0.2, 0.25) is 5.78 Å². The predicted octanol–water partition coefficient (Wildman–Crippen LogP) is 4.45. The maximum Gasteiger partial charge on any atom is 0.384 e. The molecule has 1 fully saturated rings. The Morgan fingerprint density at radius 2 is 1.16 bits per heavy atom. The van der Waals surface area contributed by atoms with Gasteiger partial charge in [-0.2, -0.15) is 43.9 Å². The normalized spacial score (nSPS) is 26.4. The summed E-state index contributed by atoms with van der Waals surface area (Å²) in [5.41, 5.74) is -11.0. The molecule has 0 atom stereocenters. The number of Topliss-reactive ketones (excluding diaryl/α,β-unsaturated/α-hetero) is 1. The topological polar surface area (TPSA) is 40.1 Å². The Kier molecular flexibility index (Phi) is 4.76. The second kappa shape index (κ2) is 6.31. The van der Waals surface area contributed by atoms with Crippen LogP contribution in [0.1, 0.15) is 17.5 Å². The van der Waals surface area contributed by atoms with Gasteiger partial charge in [-0.25, -0.2) is 13.2 Å². The van der Waals surface area contributed by atoms with Crippen LogP contribution in [-0.4, -0.2) is 41.1 Å². The fraction of sp³-hybridized carbons (Fsp3) is 0.471. The van der Waals surface area contributed by atoms with Crippen LogP contribution in [0.15, 0.2) is 17.7 Å². The molecule has 1 aromatic rings. The lowest BCUT2D eigenvalue weighted by Gasteiger charge is -2.52. The lowest BCUT2D eigenvalue weighted by atomic mass is 9.68. The van der Waals surface area contributed by atoms with Crippen LogP contribution in [0.4, 0.5) is 57.1 Å². The Morgan fingerprint density at radius 3 is 1.62 bits per heavy atom. The summed E-state index contributed by atoms with van der Waals surface area (Å²) < 4.78 is 179. The molecule has 0 N–H and O–H groups in total. The fourth-order valence-corrected chi connectivity index (χ4v) is 3.52. The van der Waals surface area contributed by atoms with Crippen LogP contribution < -0.4 is 5.11 Å². The first kappa shape index (κ1) is 24.2. The SMILES string of the molecule is O=C(C1=C([O-])c2cc(F)cc(F)c2CC1)C1(F)C(F)(F)C(F)(F)C(F)(F)C(F)(F)C1(F)F. The number of fused-ring (bicyclic) bond motifs is 1. The summed E-state index contributed by atoms with van der Waals surface area (Å²) in [6.07, 6.45) is -2.36. The van der Waals surface area contributed by atoms with E-state index >= 15 is 0 Å². The van der Waals surface area contributed by atoms with E-state index in [1.807, 2.05) is 0 Å². The third kappa shape index (κ3) is 2.36. The minimum Gasteiger partial charge on any atom is -0.872 e. The van der Waals surface area contributed by atoms with Crippen molar-refractivity contribution in [3.63, 3.8) is 0 Å². The molecule has 2 aliphatic carbocycles. The quantitative estimate of drug-likeness (QED) is 0.577. The molecule has 0 unspecified atom stereocenters. The first-order valence-corrected chi connectivity index (χ1v) is 8.23. The van der Waals surface area contributed by atoms with Crippen LogP contribution in [0.25, 0.3) is 5.76 Å². The number of allylic oxidation sites excluding steroid dienone is 1. The summed E-state index contributed by atoms with van der Waals surface area (Å²) >= 11 is 0. The van der Waals surface area contributed by atoms with Crippen molar-refractivity contribution in [2.24, 2.45) is 0 Å². The first-order valence-electron chi connectivity index (χ1n) is 8.23. The van der Waals surface area contributed by atoms with Crippen molar-refractivity contribution in [2.45, 2.75) is 48.1 Å². The molecule has 2 nitrogen and oxygen atoms in total. The number of alkyl halides is 11. The van der Waals surface area contributed by atoms with Gasteiger partial charge in [-0.15, -0.1) is 0 Å². The number of hydrogen-bond donors (Lipinski definition) is 0. The third-order valence-corrected chi connectivity index (χ3v) is 5.33. The van der Waals surface area contributed by atoms with E-state index < -0.39 is 88.0 Å². The highest BCUT2D eigenvalue weighted by atomic mass is 19.4. The van der Waals surface area contributed by atoms with Gasteiger partial charge in [0, 0.05) is 6.07 Å². The monoisotopic (exact) mass is 489 g/mol. The Morgan fingerprint density at radius 1 is 0.719 bits per heavy atom. The molecule has 0 radical (unpaired) electrons. The smallest absolute Gasteiger partial charge is 0.384 e. The lowest BCUT2D eigenvalue weighted by Crippen LogP contribution is -2.85. The van der Waals surface area contributed by atoms with Crippen LogP contribution in [0, 0.1) is 11.6 Å². The highest BCUT2D eigenvalue weighted by Crippen LogP contribution is 2.70. The van der Waals surface area contributed by atoms with Gasteiger partial charge in [0.25, 0.3) is 0 Å². The number of carbonyl (C=O) groups excluding carboxylic acids is 1. The van der Waals surface area contributed by atoms with Crippen molar-refractivity contribution in [3.8, 4) is 0 Å². The lowest BCUT2D eigenvalue weighted by molar-refractivity contribution is -0.475. The van der Waals surface area contributed by atoms with E-state index in [2.05, 4.69) is 0 Å². The minimum atomic E-state index is -7.52. The van der Waals surface area contributed by atoms with E-state index in [1.54, 1.807) is 0 Å². The number of ketones is 1. The predicted molar refractivity (Wildman–Crippen MR) is 75.2 cm³/mol. The average molecular weight is 489 g/mol. The molecule has 0 amide bonds. The number of hydrogen-bond acceptors (Lipinski definition) is 2. The summed E-state index contributed by atoms with van der Waals surface area (Å²) in [7, 11) is 0. The zero-order chi connectivity index (χ0) is 24.9. The summed E-state index contributed by atoms with van der Waals surface area (Å²) in [4.78, 5) is 12.2. The average Bonchev–Trinajstić information content (AvgIpc) is 2.65. The molecular weight excluding hydrogens is 483 g/mol. The van der Waals surface area contributed by atoms with Crippen molar-refractivity contribution in [2.75, 3.05) is 0 Å². The van der Waals surface area contributed by atoms with E-state index in [9.17, 15) is 67.0 Å². The molecule has 32 heavy (non-hydrogen) atoms. The third-order valence-electron chi connectivity index (χ3n) is 5.33. The Hall–Kier alpha value is -2.48. The van der Waals surface area contributed by atoms with Crippen LogP contribution in [0.5, 0.6) is 0 Å². The van der Waals surface area contributed by atoms with Crippen molar-refractivity contribution < 1.29 is 67.0 Å². The standard InChI is InChI=1S/C17H7F13O2/c18-5-3-8-6(9(19)4-5)1-2-7(10(8)31)11(32)12(20)13(21,22)15(25,26)17(29,30)16(27,28)14(12,23)24/h3-4,31H,1-2H2/p-1. The molecule has 0 saturated heterocycles. The van der Waals surface area contributed by atoms with E-state index in [-0.39, 0.29) is 12.1 Å². The van der Waals surface area contributed by atoms with Crippen LogP contribution in [0.2, 0.25) is 0 Å². The van der Waals surface area contributed by atoms with Crippen molar-refractivity contribution in [1.29, 1.82) is 0 Å². The van der Waals surface area contributed by atoms with Gasteiger partial charge in [0.1, 0.15) is 11.6 Å². The van der Waals surface area contributed by atoms with Crippen LogP contribution in [-0.2, 0) is 11.2 Å². The van der Waals surface area contributed by atoms with Gasteiger partial charge in [0.05, 0.1) is 0 Å². The van der Waals surface area contributed by atoms with Crippen molar-refractivity contribution in [3.05, 3.63) is 40.5 Å². The first-order chi connectivity index (χ1) is 14.2. The molecule has 3 rings (SSSR count). The second-order valence-corrected chi connectivity index (χ2v) is 7.08. The van der Waals surface area contributed by atoms with Gasteiger partial charge < -0.3 is 5.11 Å². The van der Waals surface area contributed by atoms with Gasteiger partial charge in [-0.05, 0) is 35.6 Å². The van der Waals surface area contributed by atoms with Gasteiger partial charge in [-0.3, -0.25) is 4.79 Å². The molecule has 0 spiro atoms. The highest BCUT2D eigenvalue weighted by molar-refractivity contribution is 6.08. The molecule has 2 aliphatic rings. The zero-order valence-electron chi connectivity index (χ0n) is 14.8.